The molecule has 0 heterocycles. The summed E-state index contributed by atoms with van der Waals surface area (Å²) in [7, 11) is 0. The van der Waals surface area contributed by atoms with Crippen LogP contribution < -0.4 is 5.32 Å². The van der Waals surface area contributed by atoms with Crippen LogP contribution in [0.2, 0.25) is 5.02 Å². The average molecular weight is 319 g/mol. The number of halogens is 2. The smallest absolute Gasteiger partial charge is 0.183 e. The number of hydrogen-bond acceptors (Lipinski definition) is 3. The molecule has 0 radical (unpaired) electrons. The van der Waals surface area contributed by atoms with E-state index in [0.29, 0.717) is 15.9 Å². The van der Waals surface area contributed by atoms with Gasteiger partial charge in [0.2, 0.25) is 0 Å². The number of benzene rings is 1. The highest BCUT2D eigenvalue weighted by Crippen LogP contribution is 2.34. The number of amidine groups is 1. The highest BCUT2D eigenvalue weighted by atomic mass is 79.9. The summed E-state index contributed by atoms with van der Waals surface area (Å²) in [5.74, 6) is 0. The minimum Gasteiger partial charge on any atom is -0.271 e. The van der Waals surface area contributed by atoms with Crippen molar-refractivity contribution < 1.29 is 0 Å². The summed E-state index contributed by atoms with van der Waals surface area (Å²) in [5.41, 5.74) is 1.68. The fraction of sp³-hybridized carbons (Fsp3) is 0.200. The predicted octanol–water partition coefficient (Wildman–Crippen LogP) is 3.83. The molecule has 0 aliphatic heterocycles. The number of rotatable bonds is 1. The van der Waals surface area contributed by atoms with Gasteiger partial charge >= 0.3 is 0 Å². The first-order chi connectivity index (χ1) is 7.58. The van der Waals surface area contributed by atoms with E-state index < -0.39 is 0 Å². The van der Waals surface area contributed by atoms with E-state index in [0.717, 1.165) is 10.0 Å². The van der Waals surface area contributed by atoms with Gasteiger partial charge < -0.3 is 0 Å². The van der Waals surface area contributed by atoms with Crippen molar-refractivity contribution >= 4 is 50.1 Å². The monoisotopic (exact) mass is 317 g/mol. The van der Waals surface area contributed by atoms with E-state index in [4.69, 9.17) is 16.9 Å². The van der Waals surface area contributed by atoms with Crippen LogP contribution in [0.4, 0.5) is 5.69 Å². The van der Waals surface area contributed by atoms with Gasteiger partial charge in [0.25, 0.3) is 0 Å². The van der Waals surface area contributed by atoms with Crippen LogP contribution in [0.1, 0.15) is 5.56 Å². The fourth-order valence-corrected chi connectivity index (χ4v) is 2.50. The van der Waals surface area contributed by atoms with Crippen LogP contribution in [0.25, 0.3) is 0 Å². The summed E-state index contributed by atoms with van der Waals surface area (Å²) in [5, 5.41) is 12.1. The summed E-state index contributed by atoms with van der Waals surface area (Å²) in [6, 6.07) is 3.75. The van der Waals surface area contributed by atoms with Crippen LogP contribution in [-0.2, 0) is 0 Å². The van der Waals surface area contributed by atoms with Gasteiger partial charge in [0.1, 0.15) is 0 Å². The first kappa shape index (κ1) is 13.4. The van der Waals surface area contributed by atoms with Gasteiger partial charge in [-0.3, -0.25) is 5.32 Å². The van der Waals surface area contributed by atoms with Crippen molar-refractivity contribution in [3.63, 3.8) is 0 Å². The highest BCUT2D eigenvalue weighted by molar-refractivity contribution is 9.10. The molecule has 0 aliphatic carbocycles. The van der Waals surface area contributed by atoms with Crippen molar-refractivity contribution in [2.75, 3.05) is 6.26 Å². The normalized spacial score (nSPS) is 11.1. The molecule has 0 amide bonds. The largest absolute Gasteiger partial charge is 0.271 e. The Bertz CT molecular complexity index is 445. The quantitative estimate of drug-likeness (QED) is 0.370. The Labute approximate surface area is 112 Å². The number of aryl methyl sites for hydroxylation is 1. The SMILES string of the molecule is CSC(=Nc1c(Cl)cc(C)cc1Br)NC#N. The summed E-state index contributed by atoms with van der Waals surface area (Å²) in [6.45, 7) is 1.95. The second-order valence-electron chi connectivity index (χ2n) is 2.94. The van der Waals surface area contributed by atoms with Crippen LogP contribution in [0, 0.1) is 18.4 Å². The Kier molecular flexibility index (Phi) is 5.13. The van der Waals surface area contributed by atoms with Crippen molar-refractivity contribution in [2.24, 2.45) is 4.99 Å². The van der Waals surface area contributed by atoms with E-state index in [1.165, 1.54) is 11.8 Å². The van der Waals surface area contributed by atoms with Gasteiger partial charge in [-0.1, -0.05) is 23.4 Å². The van der Waals surface area contributed by atoms with Crippen LogP contribution in [-0.4, -0.2) is 11.4 Å². The first-order valence-corrected chi connectivity index (χ1v) is 6.71. The third-order valence-corrected chi connectivity index (χ3v) is 3.20. The zero-order valence-electron chi connectivity index (χ0n) is 8.71. The number of nitriles is 1. The van der Waals surface area contributed by atoms with E-state index in [-0.39, 0.29) is 0 Å². The molecule has 16 heavy (non-hydrogen) atoms. The van der Waals surface area contributed by atoms with Gasteiger partial charge in [-0.2, -0.15) is 5.26 Å². The standard InChI is InChI=1S/C10H9BrClN3S/c1-6-3-7(11)9(8(12)4-6)15-10(16-2)14-5-13/h3-4H,1-2H3,(H,14,15). The van der Waals surface area contributed by atoms with Crippen molar-refractivity contribution in [3.8, 4) is 6.19 Å². The van der Waals surface area contributed by atoms with Gasteiger partial charge in [0.05, 0.1) is 10.7 Å². The van der Waals surface area contributed by atoms with E-state index in [2.05, 4.69) is 26.2 Å². The van der Waals surface area contributed by atoms with Gasteiger partial charge in [0, 0.05) is 4.47 Å². The third-order valence-electron chi connectivity index (χ3n) is 1.73. The minimum atomic E-state index is 0.508. The lowest BCUT2D eigenvalue weighted by atomic mass is 10.2. The van der Waals surface area contributed by atoms with Crippen LogP contribution in [0.3, 0.4) is 0 Å². The summed E-state index contributed by atoms with van der Waals surface area (Å²) in [6.07, 6.45) is 3.66. The topological polar surface area (TPSA) is 48.2 Å². The molecular formula is C10H9BrClN3S. The predicted molar refractivity (Wildman–Crippen MR) is 73.2 cm³/mol. The summed E-state index contributed by atoms with van der Waals surface area (Å²) in [4.78, 5) is 4.27. The molecule has 1 rings (SSSR count). The van der Waals surface area contributed by atoms with Crippen LogP contribution in [0.5, 0.6) is 0 Å². The number of nitrogens with one attached hydrogen (secondary N) is 1. The van der Waals surface area contributed by atoms with Crippen molar-refractivity contribution in [1.82, 2.24) is 5.32 Å². The maximum absolute atomic E-state index is 8.53. The zero-order valence-corrected chi connectivity index (χ0v) is 11.9. The second-order valence-corrected chi connectivity index (χ2v) is 4.99. The highest BCUT2D eigenvalue weighted by Gasteiger charge is 2.07. The molecule has 0 saturated carbocycles. The molecule has 0 bridgehead atoms. The van der Waals surface area contributed by atoms with E-state index >= 15 is 0 Å². The molecule has 84 valence electrons. The Morgan fingerprint density at radius 3 is 2.81 bits per heavy atom. The number of aliphatic imine (C=N–C) groups is 1. The maximum Gasteiger partial charge on any atom is 0.183 e. The molecule has 0 aromatic heterocycles. The Hall–Kier alpha value is -0.700. The number of hydrogen-bond donors (Lipinski definition) is 1. The second kappa shape index (κ2) is 6.14. The molecule has 0 aliphatic rings. The molecule has 0 fully saturated rings. The van der Waals surface area contributed by atoms with Gasteiger partial charge in [0.15, 0.2) is 11.4 Å². The van der Waals surface area contributed by atoms with Crippen LogP contribution >= 0.6 is 39.3 Å². The Balaban J connectivity index is 3.19. The number of thioether (sulfide) groups is 1. The van der Waals surface area contributed by atoms with Crippen molar-refractivity contribution in [1.29, 1.82) is 5.26 Å². The minimum absolute atomic E-state index is 0.508. The molecule has 1 N–H and O–H groups in total. The van der Waals surface area contributed by atoms with E-state index in [9.17, 15) is 0 Å². The lowest BCUT2D eigenvalue weighted by Gasteiger charge is -2.05. The fourth-order valence-electron chi connectivity index (χ4n) is 1.07. The molecular weight excluding hydrogens is 310 g/mol. The molecule has 1 aromatic carbocycles. The third kappa shape index (κ3) is 3.41. The molecule has 3 nitrogen and oxygen atoms in total. The first-order valence-electron chi connectivity index (χ1n) is 4.32. The summed E-state index contributed by atoms with van der Waals surface area (Å²) >= 11 is 10.8. The van der Waals surface area contributed by atoms with Crippen molar-refractivity contribution in [2.45, 2.75) is 6.92 Å². The molecule has 0 saturated heterocycles. The van der Waals surface area contributed by atoms with E-state index in [1.807, 2.05) is 31.5 Å². The molecule has 6 heteroatoms. The lowest BCUT2D eigenvalue weighted by molar-refractivity contribution is 1.27. The molecule has 0 atom stereocenters. The van der Waals surface area contributed by atoms with E-state index in [1.54, 1.807) is 0 Å². The Morgan fingerprint density at radius 2 is 2.31 bits per heavy atom. The van der Waals surface area contributed by atoms with Gasteiger partial charge in [-0.25, -0.2) is 4.99 Å². The van der Waals surface area contributed by atoms with Crippen LogP contribution in [0.15, 0.2) is 21.6 Å². The van der Waals surface area contributed by atoms with Crippen molar-refractivity contribution in [3.05, 3.63) is 27.2 Å². The molecule has 0 unspecified atom stereocenters. The number of nitrogens with zero attached hydrogens (tertiary/aromatic N) is 2. The lowest BCUT2D eigenvalue weighted by Crippen LogP contribution is -2.12. The average Bonchev–Trinajstić information content (AvgIpc) is 2.21. The van der Waals surface area contributed by atoms with Gasteiger partial charge in [-0.05, 0) is 46.8 Å². The van der Waals surface area contributed by atoms with Gasteiger partial charge in [-0.15, -0.1) is 0 Å². The molecule has 0 spiro atoms. The zero-order chi connectivity index (χ0) is 12.1. The molecule has 1 aromatic rings. The Morgan fingerprint density at radius 1 is 1.62 bits per heavy atom. The summed E-state index contributed by atoms with van der Waals surface area (Å²) < 4.78 is 0.809. The maximum atomic E-state index is 8.53.